The Morgan fingerprint density at radius 3 is 2.40 bits per heavy atom. The van der Waals surface area contributed by atoms with Crippen molar-refractivity contribution in [2.75, 3.05) is 13.1 Å². The van der Waals surface area contributed by atoms with E-state index in [1.165, 1.54) is 11.1 Å². The monoisotopic (exact) mass is 400 g/mol. The molecule has 1 amide bonds. The molecule has 1 fully saturated rings. The summed E-state index contributed by atoms with van der Waals surface area (Å²) in [6.45, 7) is 2.57. The summed E-state index contributed by atoms with van der Waals surface area (Å²) in [5.74, 6) is 1.42. The van der Waals surface area contributed by atoms with Crippen LogP contribution < -0.4 is 10.5 Å². The normalized spacial score (nSPS) is 14.5. The van der Waals surface area contributed by atoms with Gasteiger partial charge in [-0.15, -0.1) is 0 Å². The fourth-order valence-electron chi connectivity index (χ4n) is 4.05. The number of carbonyl (C=O) groups excluding carboxylic acids is 1. The molecule has 1 saturated heterocycles. The molecule has 0 aliphatic carbocycles. The van der Waals surface area contributed by atoms with E-state index < -0.39 is 0 Å². The number of rotatable bonds is 6. The Bertz CT molecular complexity index is 979. The highest BCUT2D eigenvalue weighted by Gasteiger charge is 2.24. The van der Waals surface area contributed by atoms with Gasteiger partial charge in [-0.3, -0.25) is 4.79 Å². The van der Waals surface area contributed by atoms with Crippen LogP contribution in [0.1, 0.15) is 45.8 Å². The van der Waals surface area contributed by atoms with Crippen LogP contribution in [0.2, 0.25) is 0 Å². The summed E-state index contributed by atoms with van der Waals surface area (Å²) in [5, 5.41) is 0. The summed E-state index contributed by atoms with van der Waals surface area (Å²) >= 11 is 0. The lowest BCUT2D eigenvalue weighted by Gasteiger charge is -2.32. The average Bonchev–Trinajstić information content (AvgIpc) is 2.83. The first-order chi connectivity index (χ1) is 14.7. The SMILES string of the molecule is NCc1cccc(C2CCN(C(=O)c3cccc(COc4ccccc4)c3)CC2)c1. The molecule has 2 N–H and O–H groups in total. The number of ether oxygens (including phenoxy) is 1. The van der Waals surface area contributed by atoms with Gasteiger partial charge in [-0.25, -0.2) is 0 Å². The number of para-hydroxylation sites is 1. The number of nitrogens with two attached hydrogens (primary N) is 1. The van der Waals surface area contributed by atoms with Gasteiger partial charge in [-0.05, 0) is 59.7 Å². The number of nitrogens with zero attached hydrogens (tertiary/aromatic N) is 1. The van der Waals surface area contributed by atoms with Gasteiger partial charge < -0.3 is 15.4 Å². The molecule has 30 heavy (non-hydrogen) atoms. The summed E-state index contributed by atoms with van der Waals surface area (Å²) in [4.78, 5) is 15.0. The van der Waals surface area contributed by atoms with E-state index in [2.05, 4.69) is 24.3 Å². The third kappa shape index (κ3) is 4.89. The number of hydrogen-bond acceptors (Lipinski definition) is 3. The highest BCUT2D eigenvalue weighted by molar-refractivity contribution is 5.94. The molecule has 0 bridgehead atoms. The minimum absolute atomic E-state index is 0.103. The third-order valence-corrected chi connectivity index (χ3v) is 5.76. The molecule has 0 radical (unpaired) electrons. The van der Waals surface area contributed by atoms with Gasteiger partial charge in [-0.1, -0.05) is 54.6 Å². The van der Waals surface area contributed by atoms with Crippen molar-refractivity contribution < 1.29 is 9.53 Å². The molecule has 1 heterocycles. The first-order valence-electron chi connectivity index (χ1n) is 10.6. The Balaban J connectivity index is 1.36. The maximum Gasteiger partial charge on any atom is 0.253 e. The molecule has 4 rings (SSSR count). The van der Waals surface area contributed by atoms with Crippen LogP contribution in [-0.4, -0.2) is 23.9 Å². The highest BCUT2D eigenvalue weighted by Crippen LogP contribution is 2.29. The Hall–Kier alpha value is -3.11. The summed E-state index contributed by atoms with van der Waals surface area (Å²) in [6.07, 6.45) is 1.97. The average molecular weight is 401 g/mol. The van der Waals surface area contributed by atoms with Crippen LogP contribution in [0, 0.1) is 0 Å². The van der Waals surface area contributed by atoms with E-state index in [1.54, 1.807) is 0 Å². The fourth-order valence-corrected chi connectivity index (χ4v) is 4.05. The van der Waals surface area contributed by atoms with Crippen molar-refractivity contribution in [2.24, 2.45) is 5.73 Å². The summed E-state index contributed by atoms with van der Waals surface area (Å²) < 4.78 is 5.82. The smallest absolute Gasteiger partial charge is 0.253 e. The lowest BCUT2D eigenvalue weighted by Crippen LogP contribution is -2.38. The number of hydrogen-bond donors (Lipinski definition) is 1. The van der Waals surface area contributed by atoms with Gasteiger partial charge >= 0.3 is 0 Å². The molecule has 0 atom stereocenters. The Kier molecular flexibility index (Phi) is 6.45. The van der Waals surface area contributed by atoms with Gasteiger partial charge in [-0.2, -0.15) is 0 Å². The number of piperidine rings is 1. The summed E-state index contributed by atoms with van der Waals surface area (Å²) in [6, 6.07) is 26.0. The van der Waals surface area contributed by atoms with Crippen LogP contribution in [0.3, 0.4) is 0 Å². The Morgan fingerprint density at radius 2 is 1.63 bits per heavy atom. The molecule has 1 aliphatic rings. The van der Waals surface area contributed by atoms with Gasteiger partial charge in [0.05, 0.1) is 0 Å². The third-order valence-electron chi connectivity index (χ3n) is 5.76. The number of likely N-dealkylation sites (tertiary alicyclic amines) is 1. The molecular weight excluding hydrogens is 372 g/mol. The van der Waals surface area contributed by atoms with Gasteiger partial charge in [0.1, 0.15) is 12.4 Å². The van der Waals surface area contributed by atoms with Crippen LogP contribution in [0.25, 0.3) is 0 Å². The second-order valence-corrected chi connectivity index (χ2v) is 7.82. The minimum atomic E-state index is 0.103. The largest absolute Gasteiger partial charge is 0.489 e. The number of benzene rings is 3. The van der Waals surface area contributed by atoms with E-state index in [0.29, 0.717) is 19.1 Å². The maximum absolute atomic E-state index is 13.0. The first kappa shape index (κ1) is 20.2. The molecule has 154 valence electrons. The summed E-state index contributed by atoms with van der Waals surface area (Å²) in [7, 11) is 0. The maximum atomic E-state index is 13.0. The van der Waals surface area contributed by atoms with Crippen molar-refractivity contribution in [1.29, 1.82) is 0 Å². The predicted octanol–water partition coefficient (Wildman–Crippen LogP) is 4.74. The molecular formula is C26H28N2O2. The lowest BCUT2D eigenvalue weighted by molar-refractivity contribution is 0.0713. The van der Waals surface area contributed by atoms with Crippen molar-refractivity contribution in [1.82, 2.24) is 4.90 Å². The van der Waals surface area contributed by atoms with Gasteiger partial charge in [0, 0.05) is 25.2 Å². The number of amides is 1. The Labute approximate surface area is 178 Å². The van der Waals surface area contributed by atoms with Gasteiger partial charge in [0.25, 0.3) is 5.91 Å². The zero-order valence-corrected chi connectivity index (χ0v) is 17.2. The van der Waals surface area contributed by atoms with E-state index in [9.17, 15) is 4.79 Å². The van der Waals surface area contributed by atoms with E-state index >= 15 is 0 Å². The second-order valence-electron chi connectivity index (χ2n) is 7.82. The van der Waals surface area contributed by atoms with Crippen LogP contribution >= 0.6 is 0 Å². The van der Waals surface area contributed by atoms with E-state index in [0.717, 1.165) is 42.8 Å². The van der Waals surface area contributed by atoms with Crippen LogP contribution in [-0.2, 0) is 13.2 Å². The zero-order chi connectivity index (χ0) is 20.8. The van der Waals surface area contributed by atoms with E-state index in [4.69, 9.17) is 10.5 Å². The van der Waals surface area contributed by atoms with Gasteiger partial charge in [0.15, 0.2) is 0 Å². The number of carbonyl (C=O) groups is 1. The molecule has 0 saturated carbocycles. The molecule has 0 spiro atoms. The summed E-state index contributed by atoms with van der Waals surface area (Å²) in [5.41, 5.74) is 10.0. The van der Waals surface area contributed by atoms with Crippen LogP contribution in [0.4, 0.5) is 0 Å². The fraction of sp³-hybridized carbons (Fsp3) is 0.269. The lowest BCUT2D eigenvalue weighted by atomic mass is 9.88. The topological polar surface area (TPSA) is 55.6 Å². The van der Waals surface area contributed by atoms with Crippen molar-refractivity contribution >= 4 is 5.91 Å². The molecule has 0 unspecified atom stereocenters. The standard InChI is InChI=1S/C26H28N2O2/c27-18-20-6-4-8-23(16-20)22-12-14-28(15-13-22)26(29)24-9-5-7-21(17-24)19-30-25-10-2-1-3-11-25/h1-11,16-17,22H,12-15,18-19,27H2. The molecule has 3 aromatic carbocycles. The zero-order valence-electron chi connectivity index (χ0n) is 17.2. The quantitative estimate of drug-likeness (QED) is 0.650. The van der Waals surface area contributed by atoms with Crippen molar-refractivity contribution in [3.05, 3.63) is 101 Å². The molecule has 4 heteroatoms. The highest BCUT2D eigenvalue weighted by atomic mass is 16.5. The minimum Gasteiger partial charge on any atom is -0.489 e. The predicted molar refractivity (Wildman–Crippen MR) is 119 cm³/mol. The van der Waals surface area contributed by atoms with Crippen LogP contribution in [0.5, 0.6) is 5.75 Å². The molecule has 3 aromatic rings. The molecule has 1 aliphatic heterocycles. The van der Waals surface area contributed by atoms with Crippen LogP contribution in [0.15, 0.2) is 78.9 Å². The molecule has 0 aromatic heterocycles. The van der Waals surface area contributed by atoms with Crippen molar-refractivity contribution in [2.45, 2.75) is 31.9 Å². The van der Waals surface area contributed by atoms with Gasteiger partial charge in [0.2, 0.25) is 0 Å². The molecule has 4 nitrogen and oxygen atoms in total. The first-order valence-corrected chi connectivity index (χ1v) is 10.6. The second kappa shape index (κ2) is 9.59. The van der Waals surface area contributed by atoms with E-state index in [-0.39, 0.29) is 5.91 Å². The Morgan fingerprint density at radius 1 is 0.900 bits per heavy atom. The van der Waals surface area contributed by atoms with Crippen molar-refractivity contribution in [3.8, 4) is 5.75 Å². The van der Waals surface area contributed by atoms with E-state index in [1.807, 2.05) is 59.5 Å². The van der Waals surface area contributed by atoms with Crippen molar-refractivity contribution in [3.63, 3.8) is 0 Å².